The van der Waals surface area contributed by atoms with E-state index in [-0.39, 0.29) is 11.7 Å². The van der Waals surface area contributed by atoms with E-state index in [1.807, 2.05) is 0 Å². The Morgan fingerprint density at radius 1 is 1.53 bits per heavy atom. The van der Waals surface area contributed by atoms with Gasteiger partial charge in [-0.3, -0.25) is 4.79 Å². The Morgan fingerprint density at radius 2 is 2.32 bits per heavy atom. The van der Waals surface area contributed by atoms with Crippen molar-refractivity contribution in [3.05, 3.63) is 45.7 Å². The number of aromatic nitrogens is 1. The quantitative estimate of drug-likeness (QED) is 0.936. The van der Waals surface area contributed by atoms with Gasteiger partial charge in [-0.05, 0) is 25.1 Å². The van der Waals surface area contributed by atoms with Gasteiger partial charge < -0.3 is 10.1 Å². The molecule has 1 heterocycles. The van der Waals surface area contributed by atoms with Gasteiger partial charge in [0.1, 0.15) is 15.7 Å². The van der Waals surface area contributed by atoms with Crippen molar-refractivity contribution in [3.8, 4) is 0 Å². The minimum absolute atomic E-state index is 0.289. The summed E-state index contributed by atoms with van der Waals surface area (Å²) in [5.41, 5.74) is 1.07. The smallest absolute Gasteiger partial charge is 0.267 e. The molecule has 6 heteroatoms. The molecule has 0 unspecified atom stereocenters. The largest absolute Gasteiger partial charge is 0.378 e. The minimum Gasteiger partial charge on any atom is -0.378 e. The molecule has 0 atom stereocenters. The van der Waals surface area contributed by atoms with Crippen LogP contribution in [0.1, 0.15) is 20.4 Å². The van der Waals surface area contributed by atoms with Crippen molar-refractivity contribution < 1.29 is 13.9 Å². The Balaban J connectivity index is 2.15. The number of rotatable bonds is 4. The highest BCUT2D eigenvalue weighted by Crippen LogP contribution is 2.20. The van der Waals surface area contributed by atoms with E-state index in [4.69, 9.17) is 4.74 Å². The molecule has 0 aliphatic rings. The summed E-state index contributed by atoms with van der Waals surface area (Å²) in [5, 5.41) is 3.39. The van der Waals surface area contributed by atoms with Gasteiger partial charge in [0.05, 0.1) is 12.3 Å². The lowest BCUT2D eigenvalue weighted by Crippen LogP contribution is -2.11. The van der Waals surface area contributed by atoms with Gasteiger partial charge in [0.25, 0.3) is 5.91 Å². The maximum absolute atomic E-state index is 13.0. The molecule has 1 aromatic carbocycles. The van der Waals surface area contributed by atoms with E-state index in [0.717, 1.165) is 5.01 Å². The molecule has 0 saturated carbocycles. The average Bonchev–Trinajstić information content (AvgIpc) is 2.71. The SMILES string of the molecule is COCc1nc(C)c(C(=O)Nc2cccc(F)c2)s1. The van der Waals surface area contributed by atoms with Crippen LogP contribution in [0.2, 0.25) is 0 Å². The van der Waals surface area contributed by atoms with E-state index in [1.54, 1.807) is 26.2 Å². The average molecular weight is 280 g/mol. The third-order valence-corrected chi connectivity index (χ3v) is 3.53. The predicted molar refractivity (Wildman–Crippen MR) is 71.9 cm³/mol. The van der Waals surface area contributed by atoms with Gasteiger partial charge in [-0.2, -0.15) is 0 Å². The first kappa shape index (κ1) is 13.6. The Kier molecular flexibility index (Phi) is 4.24. The third kappa shape index (κ3) is 3.36. The number of nitrogens with zero attached hydrogens (tertiary/aromatic N) is 1. The Morgan fingerprint density at radius 3 is 3.00 bits per heavy atom. The van der Waals surface area contributed by atoms with Crippen molar-refractivity contribution in [1.29, 1.82) is 0 Å². The van der Waals surface area contributed by atoms with E-state index in [0.29, 0.717) is 22.9 Å². The molecular weight excluding hydrogens is 267 g/mol. The van der Waals surface area contributed by atoms with Crippen molar-refractivity contribution in [2.24, 2.45) is 0 Å². The number of benzene rings is 1. The fourth-order valence-electron chi connectivity index (χ4n) is 1.60. The van der Waals surface area contributed by atoms with Crippen LogP contribution in [0, 0.1) is 12.7 Å². The fourth-order valence-corrected chi connectivity index (χ4v) is 2.53. The summed E-state index contributed by atoms with van der Waals surface area (Å²) in [7, 11) is 1.57. The lowest BCUT2D eigenvalue weighted by Gasteiger charge is -2.03. The van der Waals surface area contributed by atoms with Crippen LogP contribution < -0.4 is 5.32 Å². The second-order valence-corrected chi connectivity index (χ2v) is 5.00. The number of amides is 1. The first-order valence-corrected chi connectivity index (χ1v) is 6.44. The standard InChI is InChI=1S/C13H13FN2O2S/c1-8-12(19-11(15-8)7-18-2)13(17)16-10-5-3-4-9(14)6-10/h3-6H,7H2,1-2H3,(H,16,17). The fraction of sp³-hybridized carbons (Fsp3) is 0.231. The third-order valence-electron chi connectivity index (χ3n) is 2.40. The van der Waals surface area contributed by atoms with Gasteiger partial charge in [-0.15, -0.1) is 11.3 Å². The molecule has 0 bridgehead atoms. The lowest BCUT2D eigenvalue weighted by molar-refractivity contribution is 0.103. The van der Waals surface area contributed by atoms with Crippen LogP contribution in [0.4, 0.5) is 10.1 Å². The van der Waals surface area contributed by atoms with Crippen LogP contribution in [0.15, 0.2) is 24.3 Å². The summed E-state index contributed by atoms with van der Waals surface area (Å²) in [6.45, 7) is 2.13. The number of carbonyl (C=O) groups is 1. The van der Waals surface area contributed by atoms with E-state index in [1.165, 1.54) is 23.5 Å². The van der Waals surface area contributed by atoms with Gasteiger partial charge in [-0.1, -0.05) is 6.07 Å². The van der Waals surface area contributed by atoms with E-state index >= 15 is 0 Å². The van der Waals surface area contributed by atoms with Crippen LogP contribution >= 0.6 is 11.3 Å². The summed E-state index contributed by atoms with van der Waals surface area (Å²) in [6.07, 6.45) is 0. The molecule has 0 aliphatic carbocycles. The van der Waals surface area contributed by atoms with Crippen molar-refractivity contribution in [2.75, 3.05) is 12.4 Å². The molecule has 0 aliphatic heterocycles. The van der Waals surface area contributed by atoms with Crippen molar-refractivity contribution in [3.63, 3.8) is 0 Å². The predicted octanol–water partition coefficient (Wildman–Crippen LogP) is 2.99. The molecule has 0 radical (unpaired) electrons. The lowest BCUT2D eigenvalue weighted by atomic mass is 10.3. The minimum atomic E-state index is -0.390. The summed E-state index contributed by atoms with van der Waals surface area (Å²) < 4.78 is 18.0. The highest BCUT2D eigenvalue weighted by Gasteiger charge is 2.15. The zero-order valence-electron chi connectivity index (χ0n) is 10.6. The van der Waals surface area contributed by atoms with Gasteiger partial charge in [-0.25, -0.2) is 9.37 Å². The van der Waals surface area contributed by atoms with Crippen LogP contribution in [-0.4, -0.2) is 18.0 Å². The number of halogens is 1. The molecule has 1 aromatic heterocycles. The molecule has 0 spiro atoms. The number of nitrogens with one attached hydrogen (secondary N) is 1. The Hall–Kier alpha value is -1.79. The molecule has 4 nitrogen and oxygen atoms in total. The van der Waals surface area contributed by atoms with Gasteiger partial charge in [0.2, 0.25) is 0 Å². The first-order chi connectivity index (χ1) is 9.10. The number of aryl methyl sites for hydroxylation is 1. The van der Waals surface area contributed by atoms with E-state index in [2.05, 4.69) is 10.3 Å². The van der Waals surface area contributed by atoms with E-state index in [9.17, 15) is 9.18 Å². The molecular formula is C13H13FN2O2S. The number of hydrogen-bond acceptors (Lipinski definition) is 4. The highest BCUT2D eigenvalue weighted by atomic mass is 32.1. The second-order valence-electron chi connectivity index (χ2n) is 3.92. The van der Waals surface area contributed by atoms with Crippen LogP contribution in [0.3, 0.4) is 0 Å². The molecule has 0 saturated heterocycles. The molecule has 1 N–H and O–H groups in total. The molecule has 2 rings (SSSR count). The molecule has 1 amide bonds. The number of ether oxygens (including phenoxy) is 1. The second kappa shape index (κ2) is 5.90. The number of methoxy groups -OCH3 is 1. The topological polar surface area (TPSA) is 51.2 Å². The number of hydrogen-bond donors (Lipinski definition) is 1. The summed E-state index contributed by atoms with van der Waals surface area (Å²) in [5.74, 6) is -0.679. The molecule has 19 heavy (non-hydrogen) atoms. The highest BCUT2D eigenvalue weighted by molar-refractivity contribution is 7.13. The Bertz CT molecular complexity index is 598. The normalized spacial score (nSPS) is 10.5. The Labute approximate surface area is 114 Å². The first-order valence-electron chi connectivity index (χ1n) is 5.62. The number of thiazole rings is 1. The van der Waals surface area contributed by atoms with Crippen molar-refractivity contribution in [1.82, 2.24) is 4.98 Å². The number of carbonyl (C=O) groups excluding carboxylic acids is 1. The van der Waals surface area contributed by atoms with Gasteiger partial charge in [0, 0.05) is 12.8 Å². The monoisotopic (exact) mass is 280 g/mol. The maximum Gasteiger partial charge on any atom is 0.267 e. The summed E-state index contributed by atoms with van der Waals surface area (Å²) in [6, 6.07) is 5.77. The molecule has 2 aromatic rings. The van der Waals surface area contributed by atoms with Crippen molar-refractivity contribution in [2.45, 2.75) is 13.5 Å². The summed E-state index contributed by atoms with van der Waals surface area (Å²) >= 11 is 1.27. The zero-order valence-corrected chi connectivity index (χ0v) is 11.4. The van der Waals surface area contributed by atoms with Crippen LogP contribution in [-0.2, 0) is 11.3 Å². The van der Waals surface area contributed by atoms with Gasteiger partial charge in [0.15, 0.2) is 0 Å². The van der Waals surface area contributed by atoms with Crippen molar-refractivity contribution >= 4 is 22.9 Å². The molecule has 0 fully saturated rings. The van der Waals surface area contributed by atoms with Gasteiger partial charge >= 0.3 is 0 Å². The van der Waals surface area contributed by atoms with Crippen LogP contribution in [0.25, 0.3) is 0 Å². The maximum atomic E-state index is 13.0. The zero-order chi connectivity index (χ0) is 13.8. The summed E-state index contributed by atoms with van der Waals surface area (Å²) in [4.78, 5) is 16.8. The van der Waals surface area contributed by atoms with Crippen LogP contribution in [0.5, 0.6) is 0 Å². The number of anilines is 1. The van der Waals surface area contributed by atoms with E-state index < -0.39 is 0 Å². The molecule has 100 valence electrons.